The summed E-state index contributed by atoms with van der Waals surface area (Å²) < 4.78 is 2.16. The Kier molecular flexibility index (Phi) is 4.40. The number of aromatic amines is 1. The first kappa shape index (κ1) is 18.6. The summed E-state index contributed by atoms with van der Waals surface area (Å²) in [5.41, 5.74) is 13.2. The maximum absolute atomic E-state index is 12.8. The van der Waals surface area contributed by atoms with Gasteiger partial charge in [-0.15, -0.1) is 0 Å². The highest BCUT2D eigenvalue weighted by molar-refractivity contribution is 5.58. The van der Waals surface area contributed by atoms with Crippen LogP contribution in [0, 0.1) is 13.8 Å². The molecular formula is C23H24N6O. The molecule has 0 saturated heterocycles. The minimum absolute atomic E-state index is 0.0674. The van der Waals surface area contributed by atoms with E-state index in [0.717, 1.165) is 47.7 Å². The summed E-state index contributed by atoms with van der Waals surface area (Å²) in [6.45, 7) is 6.30. The molecule has 152 valence electrons. The van der Waals surface area contributed by atoms with Gasteiger partial charge in [0, 0.05) is 43.5 Å². The van der Waals surface area contributed by atoms with Crippen molar-refractivity contribution in [1.29, 1.82) is 0 Å². The van der Waals surface area contributed by atoms with E-state index >= 15 is 0 Å². The smallest absolute Gasteiger partial charge is 0.255 e. The lowest BCUT2D eigenvalue weighted by atomic mass is 10.1. The summed E-state index contributed by atoms with van der Waals surface area (Å²) >= 11 is 0. The number of aryl methyl sites for hydroxylation is 2. The molecule has 0 unspecified atom stereocenters. The zero-order valence-electron chi connectivity index (χ0n) is 17.1. The molecule has 30 heavy (non-hydrogen) atoms. The lowest BCUT2D eigenvalue weighted by molar-refractivity contribution is 0.238. The molecule has 1 aliphatic rings. The van der Waals surface area contributed by atoms with Crippen molar-refractivity contribution in [3.8, 4) is 11.4 Å². The number of benzene rings is 1. The van der Waals surface area contributed by atoms with Crippen LogP contribution in [-0.4, -0.2) is 30.8 Å². The number of imidazole rings is 1. The van der Waals surface area contributed by atoms with Gasteiger partial charge in [-0.2, -0.15) is 0 Å². The van der Waals surface area contributed by atoms with Gasteiger partial charge in [-0.1, -0.05) is 6.07 Å². The molecule has 7 nitrogen and oxygen atoms in total. The third kappa shape index (κ3) is 3.27. The second-order valence-corrected chi connectivity index (χ2v) is 8.00. The molecule has 4 aromatic rings. The zero-order chi connectivity index (χ0) is 20.8. The number of pyridine rings is 1. The molecule has 0 saturated carbocycles. The Morgan fingerprint density at radius 2 is 1.90 bits per heavy atom. The first-order chi connectivity index (χ1) is 14.5. The molecule has 0 amide bonds. The Hall–Kier alpha value is -3.45. The molecular weight excluding hydrogens is 376 g/mol. The minimum atomic E-state index is -0.0674. The van der Waals surface area contributed by atoms with Crippen molar-refractivity contribution in [2.24, 2.45) is 0 Å². The van der Waals surface area contributed by atoms with Gasteiger partial charge in [0.15, 0.2) is 0 Å². The van der Waals surface area contributed by atoms with E-state index in [0.29, 0.717) is 18.1 Å². The second kappa shape index (κ2) is 7.11. The van der Waals surface area contributed by atoms with Crippen LogP contribution in [0.3, 0.4) is 0 Å². The van der Waals surface area contributed by atoms with Gasteiger partial charge in [-0.3, -0.25) is 9.69 Å². The van der Waals surface area contributed by atoms with Crippen LogP contribution in [0.1, 0.15) is 28.2 Å². The normalized spacial score (nSPS) is 14.2. The quantitative estimate of drug-likeness (QED) is 0.516. The van der Waals surface area contributed by atoms with E-state index in [1.165, 1.54) is 11.3 Å². The van der Waals surface area contributed by atoms with Crippen LogP contribution >= 0.6 is 0 Å². The van der Waals surface area contributed by atoms with Crippen LogP contribution in [-0.2, 0) is 19.5 Å². The van der Waals surface area contributed by atoms with Gasteiger partial charge in [0.1, 0.15) is 11.5 Å². The van der Waals surface area contributed by atoms with Crippen LogP contribution in [0.5, 0.6) is 0 Å². The van der Waals surface area contributed by atoms with Crippen LogP contribution in [0.15, 0.2) is 47.4 Å². The Morgan fingerprint density at radius 3 is 2.70 bits per heavy atom. The van der Waals surface area contributed by atoms with Crippen LogP contribution in [0.2, 0.25) is 0 Å². The summed E-state index contributed by atoms with van der Waals surface area (Å²) in [7, 11) is 0. The van der Waals surface area contributed by atoms with Crippen LogP contribution in [0.25, 0.3) is 17.0 Å². The van der Waals surface area contributed by atoms with Crippen molar-refractivity contribution in [3.05, 3.63) is 81.2 Å². The van der Waals surface area contributed by atoms with E-state index in [4.69, 9.17) is 10.7 Å². The fourth-order valence-electron chi connectivity index (χ4n) is 4.11. The highest BCUT2D eigenvalue weighted by Gasteiger charge is 2.23. The van der Waals surface area contributed by atoms with Crippen LogP contribution in [0.4, 0.5) is 5.69 Å². The standard InChI is InChI=1S/C23H24N6O/c1-14-3-8-21-25-15(2)20(29(21)11-14)13-28-10-9-19-18(12-28)23(30)27-22(26-19)16-4-6-17(24)7-5-16/h3-8,11H,9-10,12-13,24H2,1-2H3,(H,26,27,30). The SMILES string of the molecule is Cc1ccc2nc(C)c(CN3CCc4nc(-c5ccc(N)cc5)[nH]c(=O)c4C3)n2c1. The first-order valence-electron chi connectivity index (χ1n) is 10.1. The molecule has 1 aromatic carbocycles. The average Bonchev–Trinajstić information content (AvgIpc) is 3.03. The Bertz CT molecular complexity index is 1300. The molecule has 5 rings (SSSR count). The van der Waals surface area contributed by atoms with Gasteiger partial charge in [-0.05, 0) is 49.7 Å². The number of aromatic nitrogens is 4. The number of H-pyrrole nitrogens is 1. The highest BCUT2D eigenvalue weighted by atomic mass is 16.1. The number of nitrogens with zero attached hydrogens (tertiary/aromatic N) is 4. The summed E-state index contributed by atoms with van der Waals surface area (Å²) in [6, 6.07) is 11.5. The molecule has 0 aliphatic carbocycles. The number of nitrogens with two attached hydrogens (primary N) is 1. The molecule has 0 bridgehead atoms. The number of hydrogen-bond acceptors (Lipinski definition) is 5. The third-order valence-electron chi connectivity index (χ3n) is 5.77. The number of rotatable bonds is 3. The Morgan fingerprint density at radius 1 is 1.10 bits per heavy atom. The topological polar surface area (TPSA) is 92.3 Å². The first-order valence-corrected chi connectivity index (χ1v) is 10.1. The summed E-state index contributed by atoms with van der Waals surface area (Å²) in [5, 5.41) is 0. The van der Waals surface area contributed by atoms with Crippen LogP contribution < -0.4 is 11.3 Å². The largest absolute Gasteiger partial charge is 0.399 e. The van der Waals surface area contributed by atoms with Crippen molar-refractivity contribution in [1.82, 2.24) is 24.3 Å². The van der Waals surface area contributed by atoms with E-state index in [1.54, 1.807) is 0 Å². The maximum Gasteiger partial charge on any atom is 0.255 e. The zero-order valence-corrected chi connectivity index (χ0v) is 17.1. The molecule has 0 radical (unpaired) electrons. The van der Waals surface area contributed by atoms with Crippen molar-refractivity contribution in [2.45, 2.75) is 33.4 Å². The third-order valence-corrected chi connectivity index (χ3v) is 5.77. The van der Waals surface area contributed by atoms with E-state index in [1.807, 2.05) is 37.3 Å². The van der Waals surface area contributed by atoms with Gasteiger partial charge >= 0.3 is 0 Å². The van der Waals surface area contributed by atoms with E-state index in [9.17, 15) is 4.79 Å². The predicted molar refractivity (Wildman–Crippen MR) is 117 cm³/mol. The van der Waals surface area contributed by atoms with Gasteiger partial charge in [0.05, 0.1) is 22.6 Å². The molecule has 7 heteroatoms. The lowest BCUT2D eigenvalue weighted by Gasteiger charge is -2.27. The second-order valence-electron chi connectivity index (χ2n) is 8.00. The van der Waals surface area contributed by atoms with Crippen molar-refractivity contribution >= 4 is 11.3 Å². The number of hydrogen-bond donors (Lipinski definition) is 2. The fraction of sp³-hybridized carbons (Fsp3) is 0.261. The Balaban J connectivity index is 1.43. The lowest BCUT2D eigenvalue weighted by Crippen LogP contribution is -2.35. The predicted octanol–water partition coefficient (Wildman–Crippen LogP) is 2.84. The van der Waals surface area contributed by atoms with E-state index < -0.39 is 0 Å². The number of fused-ring (bicyclic) bond motifs is 2. The van der Waals surface area contributed by atoms with Gasteiger partial charge in [0.2, 0.25) is 0 Å². The molecule has 3 aromatic heterocycles. The average molecular weight is 400 g/mol. The number of nitrogen functional groups attached to an aromatic ring is 1. The van der Waals surface area contributed by atoms with Gasteiger partial charge < -0.3 is 15.1 Å². The number of anilines is 1. The van der Waals surface area contributed by atoms with Crippen molar-refractivity contribution < 1.29 is 0 Å². The van der Waals surface area contributed by atoms with Crippen molar-refractivity contribution in [3.63, 3.8) is 0 Å². The summed E-state index contributed by atoms with van der Waals surface area (Å²) in [6.07, 6.45) is 2.87. The fourth-order valence-corrected chi connectivity index (χ4v) is 4.11. The highest BCUT2D eigenvalue weighted by Crippen LogP contribution is 2.22. The maximum atomic E-state index is 12.8. The molecule has 0 fully saturated rings. The van der Waals surface area contributed by atoms with E-state index in [-0.39, 0.29) is 5.56 Å². The molecule has 0 spiro atoms. The van der Waals surface area contributed by atoms with Gasteiger partial charge in [-0.25, -0.2) is 9.97 Å². The summed E-state index contributed by atoms with van der Waals surface area (Å²) in [5.74, 6) is 0.598. The molecule has 4 heterocycles. The molecule has 3 N–H and O–H groups in total. The monoisotopic (exact) mass is 400 g/mol. The summed E-state index contributed by atoms with van der Waals surface area (Å²) in [4.78, 5) is 27.5. The Labute approximate surface area is 174 Å². The van der Waals surface area contributed by atoms with E-state index in [2.05, 4.69) is 38.5 Å². The number of nitrogens with one attached hydrogen (secondary N) is 1. The van der Waals surface area contributed by atoms with Gasteiger partial charge in [0.25, 0.3) is 5.56 Å². The molecule has 1 aliphatic heterocycles. The van der Waals surface area contributed by atoms with Crippen molar-refractivity contribution in [2.75, 3.05) is 12.3 Å². The molecule has 0 atom stereocenters. The minimum Gasteiger partial charge on any atom is -0.399 e.